The van der Waals surface area contributed by atoms with Crippen molar-refractivity contribution in [2.75, 3.05) is 0 Å². The molecule has 2 amide bonds. The van der Waals surface area contributed by atoms with Crippen LogP contribution in [0.3, 0.4) is 0 Å². The normalized spacial score (nSPS) is 10.4. The smallest absolute Gasteiger partial charge is 0.287 e. The summed E-state index contributed by atoms with van der Waals surface area (Å²) in [6.07, 6.45) is 0. The van der Waals surface area contributed by atoms with Crippen LogP contribution in [-0.4, -0.2) is 21.6 Å². The number of benzene rings is 1. The maximum Gasteiger partial charge on any atom is 0.294 e. The highest BCUT2D eigenvalue weighted by Gasteiger charge is 2.16. The van der Waals surface area contributed by atoms with Crippen molar-refractivity contribution < 1.29 is 9.59 Å². The predicted octanol–water partition coefficient (Wildman–Crippen LogP) is 2.33. The number of nitrogens with one attached hydrogen (secondary N) is 2. The Morgan fingerprint density at radius 2 is 1.81 bits per heavy atom. The summed E-state index contributed by atoms with van der Waals surface area (Å²) in [6.45, 7) is 1.70. The zero-order chi connectivity index (χ0) is 18.7. The lowest BCUT2D eigenvalue weighted by Crippen LogP contribution is -2.43. The van der Waals surface area contributed by atoms with E-state index in [-0.39, 0.29) is 5.69 Å². The molecule has 0 saturated heterocycles. The number of amides is 2. The number of hydrogen-bond acceptors (Lipinski definition) is 5. The minimum Gasteiger partial charge on any atom is -0.287 e. The van der Waals surface area contributed by atoms with Gasteiger partial charge in [-0.2, -0.15) is 5.10 Å². The Labute approximate surface area is 157 Å². The Morgan fingerprint density at radius 3 is 2.46 bits per heavy atom. The first kappa shape index (κ1) is 17.8. The molecule has 26 heavy (non-hydrogen) atoms. The maximum absolute atomic E-state index is 12.3. The average molecular weight is 389 g/mol. The lowest BCUT2D eigenvalue weighted by molar-refractivity contribution is 0.0844. The quantitative estimate of drug-likeness (QED) is 0.673. The van der Waals surface area contributed by atoms with Gasteiger partial charge in [-0.15, -0.1) is 11.3 Å². The Hall–Kier alpha value is -2.97. The van der Waals surface area contributed by atoms with Gasteiger partial charge in [0.05, 0.1) is 10.6 Å². The second-order valence-electron chi connectivity index (χ2n) is 5.27. The zero-order valence-electron chi connectivity index (χ0n) is 13.5. The molecule has 0 unspecified atom stereocenters. The zero-order valence-corrected chi connectivity index (χ0v) is 15.1. The molecule has 132 valence electrons. The molecular formula is C17H13ClN4O3S. The van der Waals surface area contributed by atoms with Gasteiger partial charge in [0.25, 0.3) is 11.8 Å². The van der Waals surface area contributed by atoms with Crippen LogP contribution in [0, 0.1) is 6.92 Å². The van der Waals surface area contributed by atoms with E-state index in [1.54, 1.807) is 48.7 Å². The molecule has 0 saturated carbocycles. The van der Waals surface area contributed by atoms with Crippen molar-refractivity contribution in [3.8, 4) is 5.69 Å². The topological polar surface area (TPSA) is 93.1 Å². The highest BCUT2D eigenvalue weighted by Crippen LogP contribution is 2.13. The largest absolute Gasteiger partial charge is 0.294 e. The van der Waals surface area contributed by atoms with Gasteiger partial charge >= 0.3 is 0 Å². The molecule has 0 bridgehead atoms. The van der Waals surface area contributed by atoms with Crippen LogP contribution in [0.25, 0.3) is 5.69 Å². The number of carbonyl (C=O) groups is 2. The SMILES string of the molecule is Cc1cc(=O)c(C(=O)NNC(=O)c2cccs2)nn1-c1ccc(Cl)cc1. The number of aryl methyl sites for hydroxylation is 1. The van der Waals surface area contributed by atoms with E-state index in [1.165, 1.54) is 22.1 Å². The minimum atomic E-state index is -0.803. The van der Waals surface area contributed by atoms with Crippen molar-refractivity contribution in [3.63, 3.8) is 0 Å². The lowest BCUT2D eigenvalue weighted by Gasteiger charge is -2.11. The summed E-state index contributed by atoms with van der Waals surface area (Å²) in [7, 11) is 0. The van der Waals surface area contributed by atoms with Gasteiger partial charge in [-0.1, -0.05) is 17.7 Å². The first-order valence-corrected chi connectivity index (χ1v) is 8.72. The molecule has 0 atom stereocenters. The van der Waals surface area contributed by atoms with Crippen LogP contribution < -0.4 is 16.3 Å². The van der Waals surface area contributed by atoms with Crippen molar-refractivity contribution in [2.24, 2.45) is 0 Å². The number of hydrazine groups is 1. The molecule has 9 heteroatoms. The lowest BCUT2D eigenvalue weighted by atomic mass is 10.2. The van der Waals surface area contributed by atoms with E-state index in [1.807, 2.05) is 0 Å². The van der Waals surface area contributed by atoms with Gasteiger partial charge in [-0.3, -0.25) is 25.2 Å². The van der Waals surface area contributed by atoms with Gasteiger partial charge in [-0.25, -0.2) is 4.68 Å². The van der Waals surface area contributed by atoms with E-state index in [2.05, 4.69) is 16.0 Å². The molecule has 7 nitrogen and oxygen atoms in total. The van der Waals surface area contributed by atoms with Crippen molar-refractivity contribution in [1.82, 2.24) is 20.6 Å². The van der Waals surface area contributed by atoms with Crippen LogP contribution in [-0.2, 0) is 0 Å². The number of carbonyl (C=O) groups excluding carboxylic acids is 2. The number of nitrogens with zero attached hydrogens (tertiary/aromatic N) is 2. The van der Waals surface area contributed by atoms with Gasteiger partial charge in [-0.05, 0) is 42.6 Å². The standard InChI is InChI=1S/C17H13ClN4O3S/c1-10-9-13(23)15(21-22(10)12-6-4-11(18)5-7-12)17(25)20-19-16(24)14-3-2-8-26-14/h2-9H,1H3,(H,19,24)(H,20,25). The second-order valence-corrected chi connectivity index (χ2v) is 6.66. The molecule has 0 aliphatic heterocycles. The Bertz CT molecular complexity index is 1010. The summed E-state index contributed by atoms with van der Waals surface area (Å²) in [5, 5.41) is 6.41. The molecule has 0 spiro atoms. The number of rotatable bonds is 3. The van der Waals surface area contributed by atoms with Crippen LogP contribution in [0.5, 0.6) is 0 Å². The molecule has 3 aromatic rings. The van der Waals surface area contributed by atoms with E-state index in [0.717, 1.165) is 0 Å². The number of thiophene rings is 1. The van der Waals surface area contributed by atoms with E-state index in [4.69, 9.17) is 11.6 Å². The molecule has 2 heterocycles. The molecule has 2 aromatic heterocycles. The second kappa shape index (κ2) is 7.51. The van der Waals surface area contributed by atoms with Crippen LogP contribution in [0.2, 0.25) is 5.02 Å². The summed E-state index contributed by atoms with van der Waals surface area (Å²) in [6, 6.07) is 11.4. The predicted molar refractivity (Wildman–Crippen MR) is 98.8 cm³/mol. The van der Waals surface area contributed by atoms with Crippen molar-refractivity contribution >= 4 is 34.8 Å². The highest BCUT2D eigenvalue weighted by atomic mass is 35.5. The number of halogens is 1. The molecule has 1 aromatic carbocycles. The summed E-state index contributed by atoms with van der Waals surface area (Å²) in [4.78, 5) is 36.7. The maximum atomic E-state index is 12.3. The fourth-order valence-electron chi connectivity index (χ4n) is 2.19. The summed E-state index contributed by atoms with van der Waals surface area (Å²) < 4.78 is 1.45. The summed E-state index contributed by atoms with van der Waals surface area (Å²) >= 11 is 7.10. The third-order valence-electron chi connectivity index (χ3n) is 3.43. The number of hydrogen-bond donors (Lipinski definition) is 2. The van der Waals surface area contributed by atoms with Crippen LogP contribution in [0.1, 0.15) is 25.9 Å². The Morgan fingerprint density at radius 1 is 1.12 bits per heavy atom. The van der Waals surface area contributed by atoms with Crippen molar-refractivity contribution in [2.45, 2.75) is 6.92 Å². The van der Waals surface area contributed by atoms with Gasteiger partial charge in [0.1, 0.15) is 0 Å². The molecule has 0 radical (unpaired) electrons. The molecular weight excluding hydrogens is 376 g/mol. The molecule has 0 fully saturated rings. The van der Waals surface area contributed by atoms with E-state index in [0.29, 0.717) is 21.3 Å². The third kappa shape index (κ3) is 3.81. The molecule has 0 aliphatic carbocycles. The summed E-state index contributed by atoms with van der Waals surface area (Å²) in [5.74, 6) is -1.28. The van der Waals surface area contributed by atoms with Gasteiger partial charge < -0.3 is 0 Å². The molecule has 2 N–H and O–H groups in total. The fourth-order valence-corrected chi connectivity index (χ4v) is 2.94. The molecule has 3 rings (SSSR count). The van der Waals surface area contributed by atoms with E-state index < -0.39 is 17.2 Å². The van der Waals surface area contributed by atoms with Gasteiger partial charge in [0, 0.05) is 16.8 Å². The van der Waals surface area contributed by atoms with Crippen LogP contribution in [0.15, 0.2) is 52.6 Å². The van der Waals surface area contributed by atoms with Gasteiger partial charge in [0.2, 0.25) is 5.43 Å². The van der Waals surface area contributed by atoms with Gasteiger partial charge in [0.15, 0.2) is 5.69 Å². The number of aromatic nitrogens is 2. The van der Waals surface area contributed by atoms with E-state index in [9.17, 15) is 14.4 Å². The first-order chi connectivity index (χ1) is 12.5. The van der Waals surface area contributed by atoms with Crippen LogP contribution in [0.4, 0.5) is 0 Å². The molecule has 0 aliphatic rings. The monoisotopic (exact) mass is 388 g/mol. The fraction of sp³-hybridized carbons (Fsp3) is 0.0588. The Kier molecular flexibility index (Phi) is 5.15. The van der Waals surface area contributed by atoms with Crippen LogP contribution >= 0.6 is 22.9 Å². The Balaban J connectivity index is 1.84. The minimum absolute atomic E-state index is 0.336. The first-order valence-electron chi connectivity index (χ1n) is 7.47. The third-order valence-corrected chi connectivity index (χ3v) is 4.55. The van der Waals surface area contributed by atoms with E-state index >= 15 is 0 Å². The average Bonchev–Trinajstić information content (AvgIpc) is 3.15. The summed E-state index contributed by atoms with van der Waals surface area (Å²) in [5.41, 5.74) is 4.78. The van der Waals surface area contributed by atoms with Crippen molar-refractivity contribution in [3.05, 3.63) is 79.4 Å². The highest BCUT2D eigenvalue weighted by molar-refractivity contribution is 7.12. The van der Waals surface area contributed by atoms with Crippen molar-refractivity contribution in [1.29, 1.82) is 0 Å².